The maximum atomic E-state index is 12.8. The summed E-state index contributed by atoms with van der Waals surface area (Å²) in [6.07, 6.45) is 6.30. The number of sulfonamides is 1. The van der Waals surface area contributed by atoms with E-state index in [1.54, 1.807) is 12.1 Å². The highest BCUT2D eigenvalue weighted by atomic mass is 32.2. The predicted molar refractivity (Wildman–Crippen MR) is 132 cm³/mol. The average Bonchev–Trinajstić information content (AvgIpc) is 2.83. The zero-order chi connectivity index (χ0) is 24.3. The Morgan fingerprint density at radius 1 is 0.943 bits per heavy atom. The number of carbonyl (C=O) groups excluding carboxylic acids is 1. The molecule has 5 aliphatic rings. The van der Waals surface area contributed by atoms with Gasteiger partial charge in [0.25, 0.3) is 5.91 Å². The van der Waals surface area contributed by atoms with Crippen LogP contribution in [0.25, 0.3) is 0 Å². The van der Waals surface area contributed by atoms with Gasteiger partial charge in [0.05, 0.1) is 23.7 Å². The molecule has 0 spiro atoms. The summed E-state index contributed by atoms with van der Waals surface area (Å²) < 4.78 is 32.2. The number of benzene rings is 2. The topological polar surface area (TPSA) is 95.9 Å². The Balaban J connectivity index is 1.14. The second-order valence-electron chi connectivity index (χ2n) is 11.0. The zero-order valence-corrected chi connectivity index (χ0v) is 20.6. The number of carbonyl (C=O) groups is 1. The normalized spacial score (nSPS) is 32.5. The van der Waals surface area contributed by atoms with E-state index in [1.807, 2.05) is 12.1 Å². The number of aliphatic hydroxyl groups is 1. The molecule has 2 N–H and O–H groups in total. The number of anilines is 1. The molecule has 4 bridgehead atoms. The van der Waals surface area contributed by atoms with Gasteiger partial charge in [-0.2, -0.15) is 4.31 Å². The maximum Gasteiger partial charge on any atom is 0.255 e. The predicted octanol–water partition coefficient (Wildman–Crippen LogP) is 3.54. The molecule has 2 aromatic rings. The number of nitrogens with zero attached hydrogens (tertiary/aromatic N) is 1. The van der Waals surface area contributed by atoms with Crippen molar-refractivity contribution in [1.29, 1.82) is 0 Å². The Kier molecular flexibility index (Phi) is 5.56. The van der Waals surface area contributed by atoms with Crippen LogP contribution in [0.1, 0.15) is 54.4 Å². The fourth-order valence-corrected chi connectivity index (χ4v) is 8.78. The van der Waals surface area contributed by atoms with Gasteiger partial charge in [-0.05, 0) is 97.7 Å². The number of amides is 1. The standard InChI is InChI=1S/C27H32N2O5S/c30-25(21-1-7-24(8-2-21)35(32,33)29-9-11-34-12-10-29)28-23-5-3-22(4-6-23)26-14-19-13-20(15-26)17-27(31,16-19)18-26/h1-8,19-20,31H,9-18H2,(H,28,30)/t19-,20+,26?,27?. The third-order valence-electron chi connectivity index (χ3n) is 8.51. The first-order valence-corrected chi connectivity index (χ1v) is 14.0. The van der Waals surface area contributed by atoms with Gasteiger partial charge in [-0.15, -0.1) is 0 Å². The van der Waals surface area contributed by atoms with E-state index in [0.29, 0.717) is 49.4 Å². The van der Waals surface area contributed by atoms with Gasteiger partial charge >= 0.3 is 0 Å². The van der Waals surface area contributed by atoms with Gasteiger partial charge in [0.15, 0.2) is 0 Å². The molecule has 0 radical (unpaired) electrons. The zero-order valence-electron chi connectivity index (χ0n) is 19.8. The molecule has 0 aromatic heterocycles. The highest BCUT2D eigenvalue weighted by Gasteiger charge is 2.57. The minimum absolute atomic E-state index is 0.0587. The number of nitrogens with one attached hydrogen (secondary N) is 1. The Morgan fingerprint density at radius 3 is 2.17 bits per heavy atom. The summed E-state index contributed by atoms with van der Waals surface area (Å²) >= 11 is 0. The van der Waals surface area contributed by atoms with E-state index in [4.69, 9.17) is 4.74 Å². The number of hydrogen-bond acceptors (Lipinski definition) is 5. The van der Waals surface area contributed by atoms with Crippen molar-refractivity contribution in [2.24, 2.45) is 11.8 Å². The van der Waals surface area contributed by atoms with Crippen LogP contribution < -0.4 is 5.32 Å². The Hall–Kier alpha value is -2.26. The minimum Gasteiger partial charge on any atom is -0.390 e. The molecule has 4 saturated carbocycles. The first-order chi connectivity index (χ1) is 16.7. The summed E-state index contributed by atoms with van der Waals surface area (Å²) in [6, 6.07) is 14.1. The summed E-state index contributed by atoms with van der Waals surface area (Å²) in [5.41, 5.74) is 1.92. The third kappa shape index (κ3) is 4.20. The van der Waals surface area contributed by atoms with Crippen LogP contribution >= 0.6 is 0 Å². The molecular weight excluding hydrogens is 464 g/mol. The minimum atomic E-state index is -3.59. The lowest BCUT2D eigenvalue weighted by Gasteiger charge is -2.60. The fraction of sp³-hybridized carbons (Fsp3) is 0.519. The molecule has 186 valence electrons. The van der Waals surface area contributed by atoms with Gasteiger partial charge in [0, 0.05) is 24.3 Å². The van der Waals surface area contributed by atoms with Crippen molar-refractivity contribution < 1.29 is 23.1 Å². The monoisotopic (exact) mass is 496 g/mol. The summed E-state index contributed by atoms with van der Waals surface area (Å²) in [7, 11) is -3.59. The van der Waals surface area contributed by atoms with Crippen molar-refractivity contribution in [2.45, 2.75) is 54.4 Å². The van der Waals surface area contributed by atoms with Crippen molar-refractivity contribution >= 4 is 21.6 Å². The average molecular weight is 497 g/mol. The molecule has 4 atom stereocenters. The van der Waals surface area contributed by atoms with Gasteiger partial charge in [-0.1, -0.05) is 12.1 Å². The highest BCUT2D eigenvalue weighted by molar-refractivity contribution is 7.89. The number of rotatable bonds is 5. The SMILES string of the molecule is O=C(Nc1ccc(C23C[C@@H]4C[C@@H](CC(O)(C4)C2)C3)cc1)c1ccc(S(=O)(=O)N2CCOCC2)cc1. The number of morpholine rings is 1. The second kappa shape index (κ2) is 8.40. The number of hydrogen-bond donors (Lipinski definition) is 2. The molecule has 1 aliphatic heterocycles. The fourth-order valence-electron chi connectivity index (χ4n) is 7.38. The molecule has 1 saturated heterocycles. The third-order valence-corrected chi connectivity index (χ3v) is 10.4. The van der Waals surface area contributed by atoms with E-state index >= 15 is 0 Å². The molecular formula is C27H32N2O5S. The van der Waals surface area contributed by atoms with Crippen molar-refractivity contribution in [2.75, 3.05) is 31.6 Å². The Labute approximate surface area is 206 Å². The van der Waals surface area contributed by atoms with Crippen LogP contribution in [0.5, 0.6) is 0 Å². The molecule has 7 nitrogen and oxygen atoms in total. The Bertz CT molecular complexity index is 1210. The summed E-state index contributed by atoms with van der Waals surface area (Å²) in [4.78, 5) is 13.0. The molecule has 1 heterocycles. The van der Waals surface area contributed by atoms with Crippen molar-refractivity contribution in [1.82, 2.24) is 4.31 Å². The van der Waals surface area contributed by atoms with Crippen molar-refractivity contribution in [3.8, 4) is 0 Å². The van der Waals surface area contributed by atoms with Crippen LogP contribution in [0, 0.1) is 11.8 Å². The lowest BCUT2D eigenvalue weighted by atomic mass is 9.46. The molecule has 2 unspecified atom stereocenters. The molecule has 5 fully saturated rings. The largest absolute Gasteiger partial charge is 0.390 e. The van der Waals surface area contributed by atoms with Crippen LogP contribution in [-0.4, -0.2) is 55.6 Å². The van der Waals surface area contributed by atoms with E-state index in [1.165, 1.54) is 28.4 Å². The van der Waals surface area contributed by atoms with Gasteiger partial charge in [-0.3, -0.25) is 4.79 Å². The summed E-state index contributed by atoms with van der Waals surface area (Å²) in [5, 5.41) is 14.0. The molecule has 2 aromatic carbocycles. The Morgan fingerprint density at radius 2 is 1.57 bits per heavy atom. The second-order valence-corrected chi connectivity index (χ2v) is 13.0. The van der Waals surface area contributed by atoms with Crippen LogP contribution in [0.15, 0.2) is 53.4 Å². The molecule has 8 heteroatoms. The van der Waals surface area contributed by atoms with Crippen molar-refractivity contribution in [3.63, 3.8) is 0 Å². The lowest BCUT2D eigenvalue weighted by molar-refractivity contribution is -0.136. The van der Waals surface area contributed by atoms with Crippen LogP contribution in [0.3, 0.4) is 0 Å². The first-order valence-electron chi connectivity index (χ1n) is 12.6. The van der Waals surface area contributed by atoms with E-state index in [-0.39, 0.29) is 16.2 Å². The number of ether oxygens (including phenoxy) is 1. The molecule has 1 amide bonds. The quantitative estimate of drug-likeness (QED) is 0.660. The van der Waals surface area contributed by atoms with E-state index in [0.717, 1.165) is 32.1 Å². The van der Waals surface area contributed by atoms with Crippen LogP contribution in [-0.2, 0) is 20.2 Å². The van der Waals surface area contributed by atoms with Gasteiger partial charge < -0.3 is 15.2 Å². The highest BCUT2D eigenvalue weighted by Crippen LogP contribution is 2.62. The first kappa shape index (κ1) is 23.2. The van der Waals surface area contributed by atoms with Gasteiger partial charge in [-0.25, -0.2) is 8.42 Å². The van der Waals surface area contributed by atoms with Crippen LogP contribution in [0.2, 0.25) is 0 Å². The molecule has 35 heavy (non-hydrogen) atoms. The van der Waals surface area contributed by atoms with Gasteiger partial charge in [0.2, 0.25) is 10.0 Å². The smallest absolute Gasteiger partial charge is 0.255 e. The molecule has 7 rings (SSSR count). The summed E-state index contributed by atoms with van der Waals surface area (Å²) in [5.74, 6) is 0.962. The maximum absolute atomic E-state index is 12.8. The van der Waals surface area contributed by atoms with E-state index in [9.17, 15) is 18.3 Å². The van der Waals surface area contributed by atoms with E-state index in [2.05, 4.69) is 17.4 Å². The summed E-state index contributed by atoms with van der Waals surface area (Å²) in [6.45, 7) is 1.45. The van der Waals surface area contributed by atoms with E-state index < -0.39 is 15.6 Å². The molecule has 4 aliphatic carbocycles. The lowest BCUT2D eigenvalue weighted by Crippen LogP contribution is -2.57. The van der Waals surface area contributed by atoms with Crippen molar-refractivity contribution in [3.05, 3.63) is 59.7 Å². The van der Waals surface area contributed by atoms with Crippen LogP contribution in [0.4, 0.5) is 5.69 Å². The van der Waals surface area contributed by atoms with Gasteiger partial charge in [0.1, 0.15) is 0 Å².